The largest absolute Gasteiger partial charge is 0.496 e. The molecule has 3 nitrogen and oxygen atoms in total. The number of halogens is 1. The number of benzene rings is 1. The van der Waals surface area contributed by atoms with Crippen LogP contribution in [0.5, 0.6) is 11.5 Å². The van der Waals surface area contributed by atoms with E-state index in [2.05, 4.69) is 28.2 Å². The van der Waals surface area contributed by atoms with E-state index in [0.29, 0.717) is 6.04 Å². The molecule has 0 heterocycles. The number of rotatable bonds is 5. The first-order valence-corrected chi connectivity index (χ1v) is 7.68. The summed E-state index contributed by atoms with van der Waals surface area (Å²) < 4.78 is 12.1. The van der Waals surface area contributed by atoms with Crippen molar-refractivity contribution in [3.05, 3.63) is 21.7 Å². The maximum atomic E-state index is 5.61. The fraction of sp³-hybridized carbons (Fsp3) is 0.600. The molecule has 0 amide bonds. The Labute approximate surface area is 123 Å². The molecule has 1 atom stereocenters. The zero-order valence-corrected chi connectivity index (χ0v) is 13.5. The van der Waals surface area contributed by atoms with Crippen molar-refractivity contribution in [2.75, 3.05) is 20.8 Å². The number of ether oxygens (including phenoxy) is 2. The molecule has 1 aliphatic rings. The van der Waals surface area contributed by atoms with Crippen LogP contribution in [0, 0.1) is 0 Å². The zero-order chi connectivity index (χ0) is 13.8. The van der Waals surface area contributed by atoms with Gasteiger partial charge < -0.3 is 14.8 Å². The second-order valence-corrected chi connectivity index (χ2v) is 5.74. The molecule has 106 valence electrons. The van der Waals surface area contributed by atoms with Crippen LogP contribution in [0.3, 0.4) is 0 Å². The molecule has 0 aromatic heterocycles. The van der Waals surface area contributed by atoms with Gasteiger partial charge in [-0.1, -0.05) is 6.92 Å². The Kier molecular flexibility index (Phi) is 5.11. The molecule has 0 spiro atoms. The predicted molar refractivity (Wildman–Crippen MR) is 81.2 cm³/mol. The molecule has 0 aliphatic heterocycles. The Hall–Kier alpha value is -0.740. The number of hydrogen-bond acceptors (Lipinski definition) is 3. The van der Waals surface area contributed by atoms with Gasteiger partial charge in [0.1, 0.15) is 11.5 Å². The van der Waals surface area contributed by atoms with Crippen LogP contribution < -0.4 is 14.8 Å². The van der Waals surface area contributed by atoms with Crippen LogP contribution in [0.1, 0.15) is 43.4 Å². The van der Waals surface area contributed by atoms with E-state index < -0.39 is 0 Å². The summed E-state index contributed by atoms with van der Waals surface area (Å²) in [6, 6.07) is 2.38. The molecule has 0 fully saturated rings. The topological polar surface area (TPSA) is 30.5 Å². The van der Waals surface area contributed by atoms with E-state index in [0.717, 1.165) is 41.8 Å². The first-order chi connectivity index (χ1) is 9.22. The molecule has 0 saturated carbocycles. The van der Waals surface area contributed by atoms with Gasteiger partial charge in [-0.3, -0.25) is 0 Å². The van der Waals surface area contributed by atoms with Crippen LogP contribution in [-0.2, 0) is 6.42 Å². The summed E-state index contributed by atoms with van der Waals surface area (Å²) in [7, 11) is 3.47. The van der Waals surface area contributed by atoms with E-state index >= 15 is 0 Å². The Balaban J connectivity index is 2.48. The minimum absolute atomic E-state index is 0.366. The lowest BCUT2D eigenvalue weighted by atomic mass is 9.86. The van der Waals surface area contributed by atoms with E-state index in [1.807, 2.05) is 6.07 Å². The molecular formula is C15H22BrNO2. The van der Waals surface area contributed by atoms with E-state index in [-0.39, 0.29) is 0 Å². The monoisotopic (exact) mass is 327 g/mol. The smallest absolute Gasteiger partial charge is 0.138 e. The van der Waals surface area contributed by atoms with E-state index in [1.165, 1.54) is 17.5 Å². The first-order valence-electron chi connectivity index (χ1n) is 6.89. The SMILES string of the molecule is CCCNC1CCCc2c(OC)cc(Br)c(OC)c21. The van der Waals surface area contributed by atoms with Crippen molar-refractivity contribution in [2.45, 2.75) is 38.6 Å². The predicted octanol–water partition coefficient (Wildman–Crippen LogP) is 3.84. The molecule has 0 radical (unpaired) electrons. The van der Waals surface area contributed by atoms with Gasteiger partial charge in [-0.25, -0.2) is 0 Å². The van der Waals surface area contributed by atoms with Crippen LogP contribution in [0.4, 0.5) is 0 Å². The Bertz CT molecular complexity index is 448. The third kappa shape index (κ3) is 2.90. The van der Waals surface area contributed by atoms with Crippen molar-refractivity contribution < 1.29 is 9.47 Å². The molecule has 1 unspecified atom stereocenters. The number of hydrogen-bond donors (Lipinski definition) is 1. The van der Waals surface area contributed by atoms with Crippen molar-refractivity contribution >= 4 is 15.9 Å². The van der Waals surface area contributed by atoms with Gasteiger partial charge >= 0.3 is 0 Å². The molecule has 0 saturated heterocycles. The van der Waals surface area contributed by atoms with E-state index in [1.54, 1.807) is 14.2 Å². The molecular weight excluding hydrogens is 306 g/mol. The number of fused-ring (bicyclic) bond motifs is 1. The molecule has 1 aromatic rings. The van der Waals surface area contributed by atoms with Gasteiger partial charge in [0, 0.05) is 17.2 Å². The Morgan fingerprint density at radius 1 is 1.37 bits per heavy atom. The average molecular weight is 328 g/mol. The van der Waals surface area contributed by atoms with Crippen molar-refractivity contribution in [3.63, 3.8) is 0 Å². The molecule has 1 aromatic carbocycles. The summed E-state index contributed by atoms with van der Waals surface area (Å²) >= 11 is 3.59. The summed E-state index contributed by atoms with van der Waals surface area (Å²) in [4.78, 5) is 0. The summed E-state index contributed by atoms with van der Waals surface area (Å²) in [5.41, 5.74) is 2.57. The van der Waals surface area contributed by atoms with Crippen LogP contribution in [0.15, 0.2) is 10.5 Å². The Morgan fingerprint density at radius 2 is 2.16 bits per heavy atom. The molecule has 4 heteroatoms. The lowest BCUT2D eigenvalue weighted by Crippen LogP contribution is -2.26. The van der Waals surface area contributed by atoms with Crippen LogP contribution in [0.25, 0.3) is 0 Å². The third-order valence-electron chi connectivity index (χ3n) is 3.67. The molecule has 19 heavy (non-hydrogen) atoms. The number of nitrogens with one attached hydrogen (secondary N) is 1. The van der Waals surface area contributed by atoms with Gasteiger partial charge in [-0.2, -0.15) is 0 Å². The van der Waals surface area contributed by atoms with Gasteiger partial charge in [-0.05, 0) is 54.2 Å². The highest BCUT2D eigenvalue weighted by atomic mass is 79.9. The standard InChI is InChI=1S/C15H22BrNO2/c1-4-8-17-12-7-5-6-10-13(18-2)9-11(16)15(19-3)14(10)12/h9,12,17H,4-8H2,1-3H3. The second-order valence-electron chi connectivity index (χ2n) is 4.89. The molecule has 1 N–H and O–H groups in total. The third-order valence-corrected chi connectivity index (χ3v) is 4.26. The maximum Gasteiger partial charge on any atom is 0.138 e. The van der Waals surface area contributed by atoms with Crippen molar-refractivity contribution in [2.24, 2.45) is 0 Å². The summed E-state index contributed by atoms with van der Waals surface area (Å²) in [5.74, 6) is 1.91. The summed E-state index contributed by atoms with van der Waals surface area (Å²) in [6.07, 6.45) is 4.55. The summed E-state index contributed by atoms with van der Waals surface area (Å²) in [5, 5.41) is 3.62. The van der Waals surface area contributed by atoms with Crippen LogP contribution in [0.2, 0.25) is 0 Å². The first kappa shape index (κ1) is 14.7. The normalized spacial score (nSPS) is 18.0. The molecule has 2 rings (SSSR count). The van der Waals surface area contributed by atoms with Crippen LogP contribution >= 0.6 is 15.9 Å². The average Bonchev–Trinajstić information content (AvgIpc) is 2.44. The maximum absolute atomic E-state index is 5.61. The second kappa shape index (κ2) is 6.62. The quantitative estimate of drug-likeness (QED) is 0.891. The van der Waals surface area contributed by atoms with Crippen molar-refractivity contribution in [1.82, 2.24) is 5.32 Å². The van der Waals surface area contributed by atoms with Crippen LogP contribution in [-0.4, -0.2) is 20.8 Å². The summed E-state index contributed by atoms with van der Waals surface area (Å²) in [6.45, 7) is 3.22. The minimum atomic E-state index is 0.366. The molecule has 0 bridgehead atoms. The highest BCUT2D eigenvalue weighted by molar-refractivity contribution is 9.10. The fourth-order valence-corrected chi connectivity index (χ4v) is 3.42. The van der Waals surface area contributed by atoms with Gasteiger partial charge in [0.25, 0.3) is 0 Å². The zero-order valence-electron chi connectivity index (χ0n) is 11.9. The number of methoxy groups -OCH3 is 2. The lowest BCUT2D eigenvalue weighted by molar-refractivity contribution is 0.366. The highest BCUT2D eigenvalue weighted by Gasteiger charge is 2.28. The lowest BCUT2D eigenvalue weighted by Gasteiger charge is -2.30. The van der Waals surface area contributed by atoms with Gasteiger partial charge in [-0.15, -0.1) is 0 Å². The molecule has 1 aliphatic carbocycles. The van der Waals surface area contributed by atoms with E-state index in [9.17, 15) is 0 Å². The van der Waals surface area contributed by atoms with Gasteiger partial charge in [0.15, 0.2) is 0 Å². The minimum Gasteiger partial charge on any atom is -0.496 e. The van der Waals surface area contributed by atoms with E-state index in [4.69, 9.17) is 9.47 Å². The van der Waals surface area contributed by atoms with Crippen molar-refractivity contribution in [3.8, 4) is 11.5 Å². The highest BCUT2D eigenvalue weighted by Crippen LogP contribution is 2.45. The van der Waals surface area contributed by atoms with Gasteiger partial charge in [0.2, 0.25) is 0 Å². The van der Waals surface area contributed by atoms with Crippen molar-refractivity contribution in [1.29, 1.82) is 0 Å². The Morgan fingerprint density at radius 3 is 2.79 bits per heavy atom. The fourth-order valence-electron chi connectivity index (χ4n) is 2.83. The van der Waals surface area contributed by atoms with Gasteiger partial charge in [0.05, 0.1) is 18.7 Å².